The third-order valence-corrected chi connectivity index (χ3v) is 6.76. The first-order chi connectivity index (χ1) is 15.1. The first-order valence-electron chi connectivity index (χ1n) is 9.48. The highest BCUT2D eigenvalue weighted by molar-refractivity contribution is 7.92. The van der Waals surface area contributed by atoms with Gasteiger partial charge in [0.1, 0.15) is 6.54 Å². The zero-order chi connectivity index (χ0) is 23.5. The Bertz CT molecular complexity index is 1260. The van der Waals surface area contributed by atoms with Gasteiger partial charge in [-0.1, -0.05) is 35.4 Å². The number of halogens is 1. The van der Waals surface area contributed by atoms with Crippen molar-refractivity contribution in [1.82, 2.24) is 0 Å². The molecule has 0 aromatic heterocycles. The molecule has 166 valence electrons. The summed E-state index contributed by atoms with van der Waals surface area (Å²) in [5.41, 5.74) is 1.88. The van der Waals surface area contributed by atoms with Gasteiger partial charge in [0, 0.05) is 17.2 Å². The van der Waals surface area contributed by atoms with Crippen LogP contribution in [-0.2, 0) is 14.8 Å². The molecule has 1 N–H and O–H groups in total. The van der Waals surface area contributed by atoms with E-state index in [0.29, 0.717) is 16.3 Å². The van der Waals surface area contributed by atoms with Crippen molar-refractivity contribution in [1.29, 1.82) is 0 Å². The van der Waals surface area contributed by atoms with E-state index in [4.69, 9.17) is 11.6 Å². The highest BCUT2D eigenvalue weighted by Crippen LogP contribution is 2.26. The third kappa shape index (κ3) is 5.24. The Balaban J connectivity index is 1.95. The molecule has 0 spiro atoms. The summed E-state index contributed by atoms with van der Waals surface area (Å²) in [5, 5.41) is 14.0. The van der Waals surface area contributed by atoms with Gasteiger partial charge in [-0.2, -0.15) is 0 Å². The van der Waals surface area contributed by atoms with Gasteiger partial charge >= 0.3 is 0 Å². The Morgan fingerprint density at radius 2 is 1.66 bits per heavy atom. The van der Waals surface area contributed by atoms with E-state index in [0.717, 1.165) is 9.87 Å². The summed E-state index contributed by atoms with van der Waals surface area (Å²) in [6.07, 6.45) is 0. The molecule has 0 saturated heterocycles. The lowest BCUT2D eigenvalue weighted by molar-refractivity contribution is -0.384. The number of nitrogens with zero attached hydrogens (tertiary/aromatic N) is 2. The minimum Gasteiger partial charge on any atom is -0.324 e. The number of non-ortho nitro benzene ring substituents is 1. The number of nitrogens with one attached hydrogen (secondary N) is 1. The maximum atomic E-state index is 13.3. The van der Waals surface area contributed by atoms with Crippen LogP contribution in [0.3, 0.4) is 0 Å². The van der Waals surface area contributed by atoms with Crippen LogP contribution >= 0.6 is 11.6 Å². The SMILES string of the molecule is Cc1ccc(N(CC(=O)Nc2cc([N+](=O)[O-])ccc2C)S(=O)(=O)c2ccc(Cl)cc2)cc1. The standard InChI is InChI=1S/C22H20ClN3O5S/c1-15-3-8-18(9-4-15)25(32(30,31)20-11-6-17(23)7-12-20)14-22(27)24-21-13-19(26(28)29)10-5-16(21)2/h3-13H,14H2,1-2H3,(H,24,27). The van der Waals surface area contributed by atoms with Crippen molar-refractivity contribution >= 4 is 44.6 Å². The number of rotatable bonds is 7. The van der Waals surface area contributed by atoms with Gasteiger partial charge in [0.25, 0.3) is 15.7 Å². The zero-order valence-electron chi connectivity index (χ0n) is 17.3. The van der Waals surface area contributed by atoms with E-state index < -0.39 is 27.4 Å². The first kappa shape index (κ1) is 23.2. The number of anilines is 2. The Kier molecular flexibility index (Phi) is 6.81. The fraction of sp³-hybridized carbons (Fsp3) is 0.136. The van der Waals surface area contributed by atoms with Crippen LogP contribution in [0.15, 0.2) is 71.6 Å². The molecule has 0 fully saturated rings. The van der Waals surface area contributed by atoms with E-state index >= 15 is 0 Å². The number of aryl methyl sites for hydroxylation is 2. The summed E-state index contributed by atoms with van der Waals surface area (Å²) in [5.74, 6) is -0.647. The lowest BCUT2D eigenvalue weighted by Gasteiger charge is -2.24. The Morgan fingerprint density at radius 1 is 1.03 bits per heavy atom. The molecule has 0 aliphatic rings. The van der Waals surface area contributed by atoms with Gasteiger partial charge in [-0.25, -0.2) is 8.42 Å². The van der Waals surface area contributed by atoms with E-state index in [1.54, 1.807) is 31.2 Å². The molecular formula is C22H20ClN3O5S. The molecule has 10 heteroatoms. The van der Waals surface area contributed by atoms with Gasteiger partial charge in [0.2, 0.25) is 5.91 Å². The molecule has 0 saturated carbocycles. The molecule has 0 aliphatic heterocycles. The summed E-state index contributed by atoms with van der Waals surface area (Å²) in [6, 6.07) is 16.4. The smallest absolute Gasteiger partial charge is 0.271 e. The van der Waals surface area contributed by atoms with Crippen LogP contribution < -0.4 is 9.62 Å². The normalized spacial score (nSPS) is 11.1. The second-order valence-electron chi connectivity index (χ2n) is 7.11. The average molecular weight is 474 g/mol. The maximum absolute atomic E-state index is 13.3. The van der Waals surface area contributed by atoms with Crippen molar-refractivity contribution in [3.8, 4) is 0 Å². The maximum Gasteiger partial charge on any atom is 0.271 e. The number of hydrogen-bond acceptors (Lipinski definition) is 5. The van der Waals surface area contributed by atoms with Crippen molar-refractivity contribution in [2.45, 2.75) is 18.7 Å². The fourth-order valence-electron chi connectivity index (χ4n) is 2.94. The molecule has 3 rings (SSSR count). The van der Waals surface area contributed by atoms with Crippen molar-refractivity contribution in [3.05, 3.63) is 93.0 Å². The number of amides is 1. The van der Waals surface area contributed by atoms with Crippen LogP contribution in [0.25, 0.3) is 0 Å². The monoisotopic (exact) mass is 473 g/mol. The molecule has 3 aromatic carbocycles. The number of carbonyl (C=O) groups is 1. The molecular weight excluding hydrogens is 454 g/mol. The van der Waals surface area contributed by atoms with Crippen LogP contribution in [0.5, 0.6) is 0 Å². The van der Waals surface area contributed by atoms with Crippen LogP contribution in [0, 0.1) is 24.0 Å². The van der Waals surface area contributed by atoms with Crippen LogP contribution in [-0.4, -0.2) is 25.8 Å². The molecule has 1 amide bonds. The third-order valence-electron chi connectivity index (χ3n) is 4.72. The lowest BCUT2D eigenvalue weighted by Crippen LogP contribution is -2.38. The quantitative estimate of drug-likeness (QED) is 0.395. The zero-order valence-corrected chi connectivity index (χ0v) is 18.9. The Labute approximate surface area is 190 Å². The summed E-state index contributed by atoms with van der Waals surface area (Å²) in [7, 11) is -4.10. The molecule has 3 aromatic rings. The number of nitro benzene ring substituents is 1. The molecule has 0 bridgehead atoms. The number of nitro groups is 1. The summed E-state index contributed by atoms with van der Waals surface area (Å²) in [6.45, 7) is 3.01. The highest BCUT2D eigenvalue weighted by atomic mass is 35.5. The lowest BCUT2D eigenvalue weighted by atomic mass is 10.2. The molecule has 0 atom stereocenters. The Hall–Kier alpha value is -3.43. The van der Waals surface area contributed by atoms with E-state index in [9.17, 15) is 23.3 Å². The van der Waals surface area contributed by atoms with E-state index in [1.165, 1.54) is 42.5 Å². The number of hydrogen-bond donors (Lipinski definition) is 1. The van der Waals surface area contributed by atoms with E-state index in [1.807, 2.05) is 6.92 Å². The molecule has 0 unspecified atom stereocenters. The number of sulfonamides is 1. The van der Waals surface area contributed by atoms with Crippen LogP contribution in [0.4, 0.5) is 17.1 Å². The number of benzene rings is 3. The van der Waals surface area contributed by atoms with Gasteiger partial charge in [-0.15, -0.1) is 0 Å². The minimum atomic E-state index is -4.10. The topological polar surface area (TPSA) is 110 Å². The number of carbonyl (C=O) groups excluding carboxylic acids is 1. The molecule has 0 radical (unpaired) electrons. The largest absolute Gasteiger partial charge is 0.324 e. The predicted molar refractivity (Wildman–Crippen MR) is 124 cm³/mol. The van der Waals surface area contributed by atoms with E-state index in [-0.39, 0.29) is 16.3 Å². The van der Waals surface area contributed by atoms with Gasteiger partial charge in [-0.05, 0) is 55.8 Å². The molecule has 0 aliphatic carbocycles. The van der Waals surface area contributed by atoms with Gasteiger partial charge < -0.3 is 5.32 Å². The van der Waals surface area contributed by atoms with Gasteiger partial charge in [0.05, 0.1) is 21.2 Å². The van der Waals surface area contributed by atoms with Crippen molar-refractivity contribution in [2.24, 2.45) is 0 Å². The van der Waals surface area contributed by atoms with Crippen molar-refractivity contribution in [3.63, 3.8) is 0 Å². The minimum absolute atomic E-state index is 0.0261. The molecule has 0 heterocycles. The molecule has 32 heavy (non-hydrogen) atoms. The summed E-state index contributed by atoms with van der Waals surface area (Å²) >= 11 is 5.88. The second kappa shape index (κ2) is 9.37. The Morgan fingerprint density at radius 3 is 2.25 bits per heavy atom. The fourth-order valence-corrected chi connectivity index (χ4v) is 4.49. The first-order valence-corrected chi connectivity index (χ1v) is 11.3. The van der Waals surface area contributed by atoms with Crippen molar-refractivity contribution in [2.75, 3.05) is 16.2 Å². The average Bonchev–Trinajstić information content (AvgIpc) is 2.74. The predicted octanol–water partition coefficient (Wildman–Crippen LogP) is 4.70. The van der Waals surface area contributed by atoms with E-state index in [2.05, 4.69) is 5.32 Å². The van der Waals surface area contributed by atoms with Gasteiger partial charge in [0.15, 0.2) is 0 Å². The van der Waals surface area contributed by atoms with Crippen LogP contribution in [0.1, 0.15) is 11.1 Å². The molecule has 8 nitrogen and oxygen atoms in total. The van der Waals surface area contributed by atoms with Crippen LogP contribution in [0.2, 0.25) is 5.02 Å². The second-order valence-corrected chi connectivity index (χ2v) is 9.40. The summed E-state index contributed by atoms with van der Waals surface area (Å²) in [4.78, 5) is 23.3. The summed E-state index contributed by atoms with van der Waals surface area (Å²) < 4.78 is 27.7. The highest BCUT2D eigenvalue weighted by Gasteiger charge is 2.27. The van der Waals surface area contributed by atoms with Gasteiger partial charge in [-0.3, -0.25) is 19.2 Å². The van der Waals surface area contributed by atoms with Crippen molar-refractivity contribution < 1.29 is 18.1 Å².